The molecule has 0 aliphatic carbocycles. The molecule has 7 nitrogen and oxygen atoms in total. The Balaban J connectivity index is 1.74. The summed E-state index contributed by atoms with van der Waals surface area (Å²) in [5.41, 5.74) is -0.932. The highest BCUT2D eigenvalue weighted by Gasteiger charge is 2.58. The van der Waals surface area contributed by atoms with E-state index in [1.807, 2.05) is 30.3 Å². The van der Waals surface area contributed by atoms with Crippen molar-refractivity contribution >= 4 is 18.0 Å². The fraction of sp³-hybridized carbons (Fsp3) is 0.150. The van der Waals surface area contributed by atoms with Gasteiger partial charge in [-0.15, -0.1) is 0 Å². The maximum Gasteiger partial charge on any atom is 0.333 e. The molecule has 5 amide bonds. The van der Waals surface area contributed by atoms with E-state index in [2.05, 4.69) is 10.6 Å². The highest BCUT2D eigenvalue weighted by molar-refractivity contribution is 6.15. The van der Waals surface area contributed by atoms with Gasteiger partial charge in [-0.1, -0.05) is 30.3 Å². The van der Waals surface area contributed by atoms with Crippen molar-refractivity contribution in [1.82, 2.24) is 15.5 Å². The molecule has 28 heavy (non-hydrogen) atoms. The van der Waals surface area contributed by atoms with Crippen LogP contribution in [0.5, 0.6) is 5.75 Å². The fourth-order valence-electron chi connectivity index (χ4n) is 3.43. The summed E-state index contributed by atoms with van der Waals surface area (Å²) in [6.45, 7) is 1.75. The van der Waals surface area contributed by atoms with E-state index in [-0.39, 0.29) is 11.3 Å². The first-order chi connectivity index (χ1) is 13.4. The Morgan fingerprint density at radius 1 is 1.21 bits per heavy atom. The van der Waals surface area contributed by atoms with Crippen LogP contribution in [0.2, 0.25) is 0 Å². The van der Waals surface area contributed by atoms with E-state index in [0.717, 1.165) is 16.5 Å². The first kappa shape index (κ1) is 17.7. The lowest BCUT2D eigenvalue weighted by atomic mass is 9.86. The van der Waals surface area contributed by atoms with Crippen LogP contribution in [0, 0.1) is 5.82 Å². The normalized spacial score (nSPS) is 21.1. The molecule has 0 radical (unpaired) electrons. The summed E-state index contributed by atoms with van der Waals surface area (Å²) >= 11 is 0. The monoisotopic (exact) mass is 381 g/mol. The van der Waals surface area contributed by atoms with Gasteiger partial charge >= 0.3 is 12.1 Å². The molecule has 0 aromatic heterocycles. The zero-order valence-electron chi connectivity index (χ0n) is 14.8. The maximum absolute atomic E-state index is 13.9. The van der Waals surface area contributed by atoms with Crippen molar-refractivity contribution in [2.75, 3.05) is 0 Å². The molecule has 1 saturated heterocycles. The van der Waals surface area contributed by atoms with E-state index in [1.54, 1.807) is 6.92 Å². The van der Waals surface area contributed by atoms with Gasteiger partial charge in [-0.3, -0.25) is 10.1 Å². The van der Waals surface area contributed by atoms with Gasteiger partial charge in [0, 0.05) is 5.56 Å². The molecule has 2 atom stereocenters. The molecule has 2 aromatic rings. The number of ether oxygens (including phenoxy) is 1. The minimum atomic E-state index is -1.83. The molecule has 8 heteroatoms. The molecule has 2 heterocycles. The second kappa shape index (κ2) is 6.49. The summed E-state index contributed by atoms with van der Waals surface area (Å²) in [6.07, 6.45) is 2.47. The largest absolute Gasteiger partial charge is 0.465 e. The molecule has 4 rings (SSSR count). The number of hydrogen-bond acceptors (Lipinski definition) is 4. The topological polar surface area (TPSA) is 87.7 Å². The molecule has 1 fully saturated rings. The molecule has 0 unspecified atom stereocenters. The van der Waals surface area contributed by atoms with Crippen LogP contribution in [-0.4, -0.2) is 22.9 Å². The molecular formula is C20H16FN3O4. The Bertz CT molecular complexity index is 1010. The fourth-order valence-corrected chi connectivity index (χ4v) is 3.43. The number of amides is 5. The third-order valence-corrected chi connectivity index (χ3v) is 4.82. The Hall–Kier alpha value is -3.68. The molecule has 2 aromatic carbocycles. The van der Waals surface area contributed by atoms with Crippen LogP contribution in [-0.2, 0) is 10.3 Å². The number of carbonyl (C=O) groups excluding carboxylic acids is 3. The predicted octanol–water partition coefficient (Wildman–Crippen LogP) is 2.95. The van der Waals surface area contributed by atoms with Crippen molar-refractivity contribution in [3.63, 3.8) is 0 Å². The number of hydrogen-bond donors (Lipinski definition) is 2. The van der Waals surface area contributed by atoms with Gasteiger partial charge in [0.15, 0.2) is 5.54 Å². The molecule has 142 valence electrons. The predicted molar refractivity (Wildman–Crippen MR) is 96.6 cm³/mol. The maximum atomic E-state index is 13.9. The van der Waals surface area contributed by atoms with Crippen LogP contribution in [0.25, 0.3) is 0 Å². The lowest BCUT2D eigenvalue weighted by Crippen LogP contribution is -2.53. The Morgan fingerprint density at radius 2 is 1.96 bits per heavy atom. The van der Waals surface area contributed by atoms with E-state index < -0.39 is 35.4 Å². The number of carbonyl (C=O) groups is 3. The summed E-state index contributed by atoms with van der Waals surface area (Å²) in [7, 11) is 0. The standard InChI is InChI=1S/C20H16FN3O4/c1-12(13-5-3-2-4-6-13)22-18(26)24-19(27)23-17(25)20(24)9-10-28-16-8-7-14(21)11-15(16)20/h2-12H,1H3,(H,22,26)(H,23,25,27)/t12-,20-/m0/s1. The lowest BCUT2D eigenvalue weighted by molar-refractivity contribution is -0.124. The second-order valence-corrected chi connectivity index (χ2v) is 6.50. The average Bonchev–Trinajstić information content (AvgIpc) is 2.93. The van der Waals surface area contributed by atoms with Crippen molar-refractivity contribution in [2.24, 2.45) is 0 Å². The molecule has 2 aliphatic heterocycles. The SMILES string of the molecule is C[C@H](NC(=O)N1C(=O)NC(=O)[C@@]12C=COc1ccc(F)cc12)c1ccccc1. The number of imide groups is 2. The summed E-state index contributed by atoms with van der Waals surface area (Å²) in [6, 6.07) is 10.6. The Morgan fingerprint density at radius 3 is 2.71 bits per heavy atom. The van der Waals surface area contributed by atoms with Gasteiger partial charge in [-0.2, -0.15) is 0 Å². The van der Waals surface area contributed by atoms with Gasteiger partial charge < -0.3 is 10.1 Å². The molecule has 0 bridgehead atoms. The van der Waals surface area contributed by atoms with E-state index in [0.29, 0.717) is 0 Å². The molecule has 1 spiro atoms. The number of rotatable bonds is 2. The number of nitrogens with one attached hydrogen (secondary N) is 2. The summed E-state index contributed by atoms with van der Waals surface area (Å²) < 4.78 is 19.2. The molecule has 2 aliphatic rings. The van der Waals surface area contributed by atoms with E-state index in [4.69, 9.17) is 4.74 Å². The van der Waals surface area contributed by atoms with Crippen molar-refractivity contribution < 1.29 is 23.5 Å². The van der Waals surface area contributed by atoms with Crippen molar-refractivity contribution in [3.05, 3.63) is 77.8 Å². The summed E-state index contributed by atoms with van der Waals surface area (Å²) in [4.78, 5) is 38.9. The Labute approximate surface area is 159 Å². The zero-order valence-corrected chi connectivity index (χ0v) is 14.8. The van der Waals surface area contributed by atoms with Crippen molar-refractivity contribution in [3.8, 4) is 5.75 Å². The van der Waals surface area contributed by atoms with Gasteiger partial charge in [0.1, 0.15) is 11.6 Å². The van der Waals surface area contributed by atoms with Crippen LogP contribution >= 0.6 is 0 Å². The Kier molecular flexibility index (Phi) is 4.11. The zero-order chi connectivity index (χ0) is 19.9. The first-order valence-electron chi connectivity index (χ1n) is 8.59. The third-order valence-electron chi connectivity index (χ3n) is 4.82. The first-order valence-corrected chi connectivity index (χ1v) is 8.59. The second-order valence-electron chi connectivity index (χ2n) is 6.50. The smallest absolute Gasteiger partial charge is 0.333 e. The highest BCUT2D eigenvalue weighted by atomic mass is 19.1. The third kappa shape index (κ3) is 2.61. The van der Waals surface area contributed by atoms with Crippen LogP contribution in [0.15, 0.2) is 60.9 Å². The molecule has 0 saturated carbocycles. The number of nitrogens with zero attached hydrogens (tertiary/aromatic N) is 1. The van der Waals surface area contributed by atoms with Gasteiger partial charge in [0.05, 0.1) is 12.3 Å². The van der Waals surface area contributed by atoms with Crippen molar-refractivity contribution in [2.45, 2.75) is 18.5 Å². The highest BCUT2D eigenvalue weighted by Crippen LogP contribution is 2.43. The van der Waals surface area contributed by atoms with Crippen LogP contribution in [0.1, 0.15) is 24.1 Å². The minimum absolute atomic E-state index is 0.0702. The van der Waals surface area contributed by atoms with Gasteiger partial charge in [0.2, 0.25) is 0 Å². The van der Waals surface area contributed by atoms with Crippen LogP contribution in [0.3, 0.4) is 0 Å². The lowest BCUT2D eigenvalue weighted by Gasteiger charge is -2.35. The number of halogens is 1. The average molecular weight is 381 g/mol. The van der Waals surface area contributed by atoms with Crippen LogP contribution < -0.4 is 15.4 Å². The van der Waals surface area contributed by atoms with E-state index in [9.17, 15) is 18.8 Å². The number of benzene rings is 2. The van der Waals surface area contributed by atoms with E-state index in [1.165, 1.54) is 24.5 Å². The number of fused-ring (bicyclic) bond motifs is 2. The van der Waals surface area contributed by atoms with Crippen LogP contribution in [0.4, 0.5) is 14.0 Å². The van der Waals surface area contributed by atoms with Gasteiger partial charge in [-0.05, 0) is 36.8 Å². The summed E-state index contributed by atoms with van der Waals surface area (Å²) in [5.74, 6) is -1.20. The molecule has 2 N–H and O–H groups in total. The van der Waals surface area contributed by atoms with Gasteiger partial charge in [0.25, 0.3) is 5.91 Å². The quantitative estimate of drug-likeness (QED) is 0.783. The van der Waals surface area contributed by atoms with Crippen molar-refractivity contribution in [1.29, 1.82) is 0 Å². The molecular weight excluding hydrogens is 365 g/mol. The van der Waals surface area contributed by atoms with E-state index >= 15 is 0 Å². The van der Waals surface area contributed by atoms with Gasteiger partial charge in [-0.25, -0.2) is 18.9 Å². The summed E-state index contributed by atoms with van der Waals surface area (Å²) in [5, 5.41) is 4.85. The minimum Gasteiger partial charge on any atom is -0.465 e. The number of urea groups is 2.